The first-order valence-corrected chi connectivity index (χ1v) is 5.23. The first kappa shape index (κ1) is 12.3. The Hall–Kier alpha value is -1.78. The molecule has 5 heteroatoms. The summed E-state index contributed by atoms with van der Waals surface area (Å²) in [6.07, 6.45) is 2.62. The molecule has 0 aliphatic carbocycles. The lowest BCUT2D eigenvalue weighted by atomic mass is 10.1. The molecule has 1 heterocycles. The average molecular weight is 223 g/mol. The molecule has 0 bridgehead atoms. The van der Waals surface area contributed by atoms with Crippen molar-refractivity contribution in [1.29, 1.82) is 0 Å². The van der Waals surface area contributed by atoms with E-state index in [1.54, 1.807) is 22.9 Å². The van der Waals surface area contributed by atoms with Crippen molar-refractivity contribution >= 4 is 5.84 Å². The molecule has 1 rings (SSSR count). The van der Waals surface area contributed by atoms with Crippen LogP contribution in [0.4, 0.5) is 0 Å². The third kappa shape index (κ3) is 2.85. The van der Waals surface area contributed by atoms with Gasteiger partial charge in [-0.15, -0.1) is 0 Å². The number of pyridine rings is 1. The van der Waals surface area contributed by atoms with Crippen LogP contribution in [0.15, 0.2) is 28.3 Å². The van der Waals surface area contributed by atoms with Crippen molar-refractivity contribution < 1.29 is 5.21 Å². The van der Waals surface area contributed by atoms with Crippen LogP contribution in [-0.4, -0.2) is 15.6 Å². The average Bonchev–Trinajstić information content (AvgIpc) is 2.26. The summed E-state index contributed by atoms with van der Waals surface area (Å²) in [4.78, 5) is 11.9. The number of amidine groups is 1. The molecule has 0 saturated heterocycles. The minimum Gasteiger partial charge on any atom is -0.409 e. The van der Waals surface area contributed by atoms with Crippen molar-refractivity contribution in [3.63, 3.8) is 0 Å². The van der Waals surface area contributed by atoms with Gasteiger partial charge in [0.05, 0.1) is 5.56 Å². The zero-order valence-electron chi connectivity index (χ0n) is 9.55. The van der Waals surface area contributed by atoms with Crippen molar-refractivity contribution in [2.45, 2.75) is 26.8 Å². The zero-order valence-corrected chi connectivity index (χ0v) is 9.55. The van der Waals surface area contributed by atoms with Gasteiger partial charge in [0.25, 0.3) is 5.56 Å². The van der Waals surface area contributed by atoms with Crippen LogP contribution in [0.1, 0.15) is 25.8 Å². The number of oxime groups is 1. The largest absolute Gasteiger partial charge is 0.409 e. The number of aromatic nitrogens is 1. The Morgan fingerprint density at radius 2 is 2.31 bits per heavy atom. The van der Waals surface area contributed by atoms with Gasteiger partial charge in [-0.2, -0.15) is 0 Å². The van der Waals surface area contributed by atoms with Gasteiger partial charge in [0.1, 0.15) is 0 Å². The number of rotatable bonds is 4. The standard InChI is InChI=1S/C11H17N3O2/c1-8(2)5-7-14-6-3-4-9(11(14)15)10(12)13-16/h3-4,6,8,16H,5,7H2,1-2H3,(H2,12,13). The number of hydrogen-bond acceptors (Lipinski definition) is 3. The summed E-state index contributed by atoms with van der Waals surface area (Å²) < 4.78 is 1.58. The molecule has 16 heavy (non-hydrogen) atoms. The van der Waals surface area contributed by atoms with E-state index in [0.717, 1.165) is 6.42 Å². The lowest BCUT2D eigenvalue weighted by molar-refractivity contribution is 0.318. The van der Waals surface area contributed by atoms with E-state index >= 15 is 0 Å². The zero-order chi connectivity index (χ0) is 12.1. The maximum Gasteiger partial charge on any atom is 0.261 e. The number of nitrogens with two attached hydrogens (primary N) is 1. The molecular weight excluding hydrogens is 206 g/mol. The molecule has 88 valence electrons. The Kier molecular flexibility index (Phi) is 4.10. The molecule has 1 aromatic rings. The summed E-state index contributed by atoms with van der Waals surface area (Å²) in [6.45, 7) is 4.83. The van der Waals surface area contributed by atoms with E-state index in [1.165, 1.54) is 0 Å². The fraction of sp³-hybridized carbons (Fsp3) is 0.455. The van der Waals surface area contributed by atoms with E-state index in [4.69, 9.17) is 10.9 Å². The summed E-state index contributed by atoms with van der Waals surface area (Å²) in [5.74, 6) is 0.378. The van der Waals surface area contributed by atoms with Gasteiger partial charge in [-0.1, -0.05) is 19.0 Å². The van der Waals surface area contributed by atoms with Gasteiger partial charge < -0.3 is 15.5 Å². The maximum atomic E-state index is 11.9. The molecule has 0 fully saturated rings. The normalized spacial score (nSPS) is 12.1. The molecular formula is C11H17N3O2. The van der Waals surface area contributed by atoms with Crippen LogP contribution in [0, 0.1) is 5.92 Å². The SMILES string of the molecule is CC(C)CCn1cccc(/C(N)=N/O)c1=O. The fourth-order valence-corrected chi connectivity index (χ4v) is 1.36. The molecule has 0 atom stereocenters. The molecule has 0 saturated carbocycles. The highest BCUT2D eigenvalue weighted by molar-refractivity contribution is 5.96. The second-order valence-electron chi connectivity index (χ2n) is 4.09. The Morgan fingerprint density at radius 3 is 2.88 bits per heavy atom. The first-order valence-electron chi connectivity index (χ1n) is 5.23. The van der Waals surface area contributed by atoms with Gasteiger partial charge in [0.2, 0.25) is 0 Å². The van der Waals surface area contributed by atoms with Gasteiger partial charge in [0.15, 0.2) is 5.84 Å². The van der Waals surface area contributed by atoms with Crippen LogP contribution in [0.3, 0.4) is 0 Å². The minimum absolute atomic E-state index is 0.149. The van der Waals surface area contributed by atoms with Gasteiger partial charge in [-0.25, -0.2) is 0 Å². The Morgan fingerprint density at radius 1 is 1.62 bits per heavy atom. The maximum absolute atomic E-state index is 11.9. The van der Waals surface area contributed by atoms with Crippen LogP contribution in [0.25, 0.3) is 0 Å². The highest BCUT2D eigenvalue weighted by Gasteiger charge is 2.07. The van der Waals surface area contributed by atoms with E-state index < -0.39 is 0 Å². The van der Waals surface area contributed by atoms with Crippen molar-refractivity contribution in [2.75, 3.05) is 0 Å². The molecule has 0 aliphatic rings. The Labute approximate surface area is 94.2 Å². The minimum atomic E-state index is -0.224. The van der Waals surface area contributed by atoms with Gasteiger partial charge >= 0.3 is 0 Å². The summed E-state index contributed by atoms with van der Waals surface area (Å²) in [5.41, 5.74) is 5.41. The van der Waals surface area contributed by atoms with Gasteiger partial charge in [-0.05, 0) is 24.5 Å². The van der Waals surface area contributed by atoms with Crippen molar-refractivity contribution in [3.8, 4) is 0 Å². The van der Waals surface area contributed by atoms with Gasteiger partial charge in [-0.3, -0.25) is 4.79 Å². The highest BCUT2D eigenvalue weighted by atomic mass is 16.4. The Bertz CT molecular complexity index is 435. The third-order valence-corrected chi connectivity index (χ3v) is 2.35. The van der Waals surface area contributed by atoms with E-state index in [0.29, 0.717) is 12.5 Å². The number of nitrogens with zero attached hydrogens (tertiary/aromatic N) is 2. The van der Waals surface area contributed by atoms with Crippen LogP contribution < -0.4 is 11.3 Å². The molecule has 0 aromatic carbocycles. The van der Waals surface area contributed by atoms with E-state index in [9.17, 15) is 4.79 Å². The topological polar surface area (TPSA) is 80.6 Å². The van der Waals surface area contributed by atoms with E-state index in [2.05, 4.69) is 19.0 Å². The van der Waals surface area contributed by atoms with Crippen molar-refractivity contribution in [2.24, 2.45) is 16.8 Å². The lowest BCUT2D eigenvalue weighted by Gasteiger charge is -2.08. The van der Waals surface area contributed by atoms with Crippen LogP contribution in [0.5, 0.6) is 0 Å². The summed E-state index contributed by atoms with van der Waals surface area (Å²) in [7, 11) is 0. The Balaban J connectivity index is 3.00. The van der Waals surface area contributed by atoms with Crippen LogP contribution in [0.2, 0.25) is 0 Å². The summed E-state index contributed by atoms with van der Waals surface area (Å²) in [6, 6.07) is 3.26. The highest BCUT2D eigenvalue weighted by Crippen LogP contribution is 2.01. The fourth-order valence-electron chi connectivity index (χ4n) is 1.36. The van der Waals surface area contributed by atoms with Crippen molar-refractivity contribution in [3.05, 3.63) is 34.2 Å². The van der Waals surface area contributed by atoms with Crippen LogP contribution >= 0.6 is 0 Å². The van der Waals surface area contributed by atoms with Crippen molar-refractivity contribution in [1.82, 2.24) is 4.57 Å². The molecule has 3 N–H and O–H groups in total. The monoisotopic (exact) mass is 223 g/mol. The molecule has 0 aliphatic heterocycles. The smallest absolute Gasteiger partial charge is 0.261 e. The quantitative estimate of drug-likeness (QED) is 0.345. The first-order chi connectivity index (χ1) is 7.56. The summed E-state index contributed by atoms with van der Waals surface area (Å²) in [5, 5.41) is 11.4. The lowest BCUT2D eigenvalue weighted by Crippen LogP contribution is -2.29. The molecule has 0 amide bonds. The molecule has 1 aromatic heterocycles. The van der Waals surface area contributed by atoms with Gasteiger partial charge in [0, 0.05) is 12.7 Å². The molecule has 0 radical (unpaired) electrons. The predicted octanol–water partition coefficient (Wildman–Crippen LogP) is 0.989. The van der Waals surface area contributed by atoms with Crippen LogP contribution in [-0.2, 0) is 6.54 Å². The molecule has 0 unspecified atom stereocenters. The second kappa shape index (κ2) is 5.34. The number of hydrogen-bond donors (Lipinski definition) is 2. The second-order valence-corrected chi connectivity index (χ2v) is 4.09. The summed E-state index contributed by atoms with van der Waals surface area (Å²) >= 11 is 0. The molecule has 5 nitrogen and oxygen atoms in total. The van der Waals surface area contributed by atoms with E-state index in [-0.39, 0.29) is 17.0 Å². The van der Waals surface area contributed by atoms with E-state index in [1.807, 2.05) is 0 Å². The third-order valence-electron chi connectivity index (χ3n) is 2.35. The number of aryl methyl sites for hydroxylation is 1. The predicted molar refractivity (Wildman–Crippen MR) is 62.7 cm³/mol. The molecule has 0 spiro atoms.